The molecule has 0 saturated heterocycles. The van der Waals surface area contributed by atoms with E-state index in [0.29, 0.717) is 5.56 Å². The Hall–Kier alpha value is -5.21. The predicted octanol–water partition coefficient (Wildman–Crippen LogP) is -0.0981. The molecule has 3 heterocycles. The lowest BCUT2D eigenvalue weighted by Crippen LogP contribution is -2.58. The Morgan fingerprint density at radius 1 is 1.07 bits per heavy atom. The van der Waals surface area contributed by atoms with Crippen molar-refractivity contribution < 1.29 is 29.1 Å². The molecule has 0 saturated carbocycles. The number of carbonyl (C=O) groups excluding carboxylic acids is 4. The highest BCUT2D eigenvalue weighted by Gasteiger charge is 2.42. The van der Waals surface area contributed by atoms with Crippen molar-refractivity contribution in [1.29, 1.82) is 0 Å². The predicted molar refractivity (Wildman–Crippen MR) is 151 cm³/mol. The Kier molecular flexibility index (Phi) is 10.1. The van der Waals surface area contributed by atoms with E-state index >= 15 is 0 Å². The summed E-state index contributed by atoms with van der Waals surface area (Å²) in [6.07, 6.45) is 0.993. The van der Waals surface area contributed by atoms with Gasteiger partial charge in [0, 0.05) is 19.0 Å². The molecule has 5 N–H and O–H groups in total. The number of carboxylic acid groups (broad SMARTS) is 1. The summed E-state index contributed by atoms with van der Waals surface area (Å²) in [5, 5.41) is 30.7. The van der Waals surface area contributed by atoms with E-state index in [0.717, 1.165) is 5.56 Å². The van der Waals surface area contributed by atoms with E-state index < -0.39 is 48.2 Å². The molecule has 2 aromatic heterocycles. The standard InChI is InChI=1S/C28H33N9O6/c1-16(2)24(32-22(38)13-17-7-4-3-5-8-17)27(42)31-19(10-11-23(39)40)28(43)37-20(14-18-9-6-12-29-25(18)37)26(41)30-15-21-33-35-36-34-21/h3-9,12,16,19-20,24H,10-11,13-15H2,1-2H3,(H,30,41)(H,31,42)(H,32,38)(H,39,40)(H,33,34,35,36)/t19?,20-,24-/m0/s1. The van der Waals surface area contributed by atoms with Crippen LogP contribution in [0.5, 0.6) is 0 Å². The minimum Gasteiger partial charge on any atom is -0.481 e. The molecule has 3 aromatic rings. The largest absolute Gasteiger partial charge is 0.481 e. The van der Waals surface area contributed by atoms with Crippen molar-refractivity contribution >= 4 is 35.4 Å². The summed E-state index contributed by atoms with van der Waals surface area (Å²) in [5.41, 5.74) is 1.40. The number of nitrogens with one attached hydrogen (secondary N) is 4. The average Bonchev–Trinajstić information content (AvgIpc) is 3.65. The zero-order chi connectivity index (χ0) is 30.9. The van der Waals surface area contributed by atoms with Crippen molar-refractivity contribution in [3.05, 3.63) is 65.6 Å². The van der Waals surface area contributed by atoms with Gasteiger partial charge in [-0.2, -0.15) is 5.21 Å². The summed E-state index contributed by atoms with van der Waals surface area (Å²) in [7, 11) is 0. The minimum atomic E-state index is -1.32. The van der Waals surface area contributed by atoms with E-state index in [1.54, 1.807) is 50.2 Å². The van der Waals surface area contributed by atoms with E-state index in [9.17, 15) is 29.1 Å². The molecule has 0 fully saturated rings. The number of pyridine rings is 1. The first-order valence-corrected chi connectivity index (χ1v) is 13.8. The summed E-state index contributed by atoms with van der Waals surface area (Å²) in [5.74, 6) is -3.31. The van der Waals surface area contributed by atoms with Crippen LogP contribution in [-0.4, -0.2) is 78.4 Å². The molecule has 4 amide bonds. The molecule has 1 unspecified atom stereocenters. The van der Waals surface area contributed by atoms with Crippen molar-refractivity contribution in [2.45, 2.75) is 64.2 Å². The first-order valence-electron chi connectivity index (χ1n) is 13.8. The fraction of sp³-hybridized carbons (Fsp3) is 0.393. The third kappa shape index (κ3) is 7.96. The molecule has 0 bridgehead atoms. The zero-order valence-corrected chi connectivity index (χ0v) is 23.7. The van der Waals surface area contributed by atoms with Crippen LogP contribution in [0, 0.1) is 5.92 Å². The number of hydrogen-bond acceptors (Lipinski definition) is 9. The first-order chi connectivity index (χ1) is 20.6. The van der Waals surface area contributed by atoms with Crippen LogP contribution in [0.1, 0.15) is 43.6 Å². The van der Waals surface area contributed by atoms with Gasteiger partial charge in [0.1, 0.15) is 23.9 Å². The van der Waals surface area contributed by atoms with Gasteiger partial charge in [-0.05, 0) is 29.5 Å². The van der Waals surface area contributed by atoms with Crippen LogP contribution < -0.4 is 20.9 Å². The van der Waals surface area contributed by atoms with Crippen LogP contribution in [0.3, 0.4) is 0 Å². The monoisotopic (exact) mass is 591 g/mol. The number of tetrazole rings is 1. The van der Waals surface area contributed by atoms with Crippen LogP contribution >= 0.6 is 0 Å². The molecule has 3 atom stereocenters. The third-order valence-corrected chi connectivity index (χ3v) is 6.91. The third-order valence-electron chi connectivity index (χ3n) is 6.91. The fourth-order valence-electron chi connectivity index (χ4n) is 4.76. The number of fused-ring (bicyclic) bond motifs is 1. The molecule has 226 valence electrons. The molecular formula is C28H33N9O6. The van der Waals surface area contributed by atoms with Crippen LogP contribution in [0.25, 0.3) is 0 Å². The Labute approximate surface area is 246 Å². The van der Waals surface area contributed by atoms with E-state index in [1.807, 2.05) is 6.07 Å². The number of aromatic amines is 1. The van der Waals surface area contributed by atoms with Crippen LogP contribution in [0.2, 0.25) is 0 Å². The van der Waals surface area contributed by atoms with Gasteiger partial charge >= 0.3 is 5.97 Å². The second-order valence-corrected chi connectivity index (χ2v) is 10.4. The SMILES string of the molecule is CC(C)[C@H](NC(=O)Cc1ccccc1)C(=O)NC(CCC(=O)O)C(=O)N1c2ncccc2C[C@H]1C(=O)NCc1nn[nH]n1. The lowest BCUT2D eigenvalue weighted by atomic mass is 10.0. The highest BCUT2D eigenvalue weighted by atomic mass is 16.4. The van der Waals surface area contributed by atoms with Crippen molar-refractivity contribution in [3.63, 3.8) is 0 Å². The van der Waals surface area contributed by atoms with Crippen molar-refractivity contribution in [2.24, 2.45) is 5.92 Å². The molecule has 0 aliphatic carbocycles. The summed E-state index contributed by atoms with van der Waals surface area (Å²) in [6.45, 7) is 3.44. The average molecular weight is 592 g/mol. The smallest absolute Gasteiger partial charge is 0.303 e. The van der Waals surface area contributed by atoms with Gasteiger partial charge in [0.2, 0.25) is 17.7 Å². The first kappa shape index (κ1) is 30.7. The summed E-state index contributed by atoms with van der Waals surface area (Å²) < 4.78 is 0. The molecule has 43 heavy (non-hydrogen) atoms. The summed E-state index contributed by atoms with van der Waals surface area (Å²) in [4.78, 5) is 70.5. The Balaban J connectivity index is 1.53. The second kappa shape index (κ2) is 14.1. The second-order valence-electron chi connectivity index (χ2n) is 10.4. The van der Waals surface area contributed by atoms with Gasteiger partial charge in [-0.1, -0.05) is 55.5 Å². The van der Waals surface area contributed by atoms with Gasteiger partial charge in [0.05, 0.1) is 13.0 Å². The number of hydrogen-bond donors (Lipinski definition) is 5. The highest BCUT2D eigenvalue weighted by molar-refractivity contribution is 6.06. The lowest BCUT2D eigenvalue weighted by Gasteiger charge is -2.30. The Bertz CT molecular complexity index is 1450. The number of anilines is 1. The number of aliphatic carboxylic acids is 1. The molecule has 1 aliphatic heterocycles. The molecule has 0 spiro atoms. The van der Waals surface area contributed by atoms with Crippen molar-refractivity contribution in [1.82, 2.24) is 41.6 Å². The van der Waals surface area contributed by atoms with E-state index in [2.05, 4.69) is 41.6 Å². The van der Waals surface area contributed by atoms with Crippen LogP contribution in [0.15, 0.2) is 48.7 Å². The summed E-state index contributed by atoms with van der Waals surface area (Å²) >= 11 is 0. The number of nitrogens with zero attached hydrogens (tertiary/aromatic N) is 5. The topological polar surface area (TPSA) is 212 Å². The molecule has 15 heteroatoms. The number of benzene rings is 1. The van der Waals surface area contributed by atoms with E-state index in [4.69, 9.17) is 0 Å². The van der Waals surface area contributed by atoms with E-state index in [-0.39, 0.29) is 49.3 Å². The van der Waals surface area contributed by atoms with Crippen molar-refractivity contribution in [3.8, 4) is 0 Å². The van der Waals surface area contributed by atoms with Crippen molar-refractivity contribution in [2.75, 3.05) is 4.90 Å². The normalized spacial score (nSPS) is 15.3. The van der Waals surface area contributed by atoms with Gasteiger partial charge in [-0.15, -0.1) is 10.2 Å². The van der Waals surface area contributed by atoms with E-state index in [1.165, 1.54) is 11.1 Å². The number of carbonyl (C=O) groups is 5. The Morgan fingerprint density at radius 3 is 2.51 bits per heavy atom. The highest BCUT2D eigenvalue weighted by Crippen LogP contribution is 2.31. The maximum atomic E-state index is 14.0. The van der Waals surface area contributed by atoms with Gasteiger partial charge < -0.3 is 21.1 Å². The molecule has 4 rings (SSSR count). The van der Waals surface area contributed by atoms with Gasteiger partial charge in [0.15, 0.2) is 5.82 Å². The number of amides is 4. The maximum absolute atomic E-state index is 14.0. The van der Waals surface area contributed by atoms with Crippen LogP contribution in [-0.2, 0) is 43.4 Å². The van der Waals surface area contributed by atoms with Gasteiger partial charge in [-0.3, -0.25) is 28.9 Å². The fourth-order valence-corrected chi connectivity index (χ4v) is 4.76. The number of H-pyrrole nitrogens is 1. The lowest BCUT2D eigenvalue weighted by molar-refractivity contribution is -0.138. The molecule has 0 radical (unpaired) electrons. The summed E-state index contributed by atoms with van der Waals surface area (Å²) in [6, 6.07) is 9.08. The number of aromatic nitrogens is 5. The quantitative estimate of drug-likeness (QED) is 0.178. The number of rotatable bonds is 13. The van der Waals surface area contributed by atoms with Crippen LogP contribution in [0.4, 0.5) is 5.82 Å². The maximum Gasteiger partial charge on any atom is 0.303 e. The molecule has 15 nitrogen and oxygen atoms in total. The van der Waals surface area contributed by atoms with Gasteiger partial charge in [0.25, 0.3) is 5.91 Å². The molecular weight excluding hydrogens is 558 g/mol. The minimum absolute atomic E-state index is 0.0461. The molecule has 1 aliphatic rings. The number of carboxylic acids is 1. The zero-order valence-electron chi connectivity index (χ0n) is 23.7. The van der Waals surface area contributed by atoms with Gasteiger partial charge in [-0.25, -0.2) is 4.98 Å². The Morgan fingerprint density at radius 2 is 1.84 bits per heavy atom. The molecule has 1 aromatic carbocycles.